The summed E-state index contributed by atoms with van der Waals surface area (Å²) >= 11 is 0. The number of nitrogens with one attached hydrogen (secondary N) is 1. The lowest BCUT2D eigenvalue weighted by atomic mass is 10.1. The van der Waals surface area contributed by atoms with Crippen molar-refractivity contribution in [2.45, 2.75) is 44.8 Å². The highest BCUT2D eigenvalue weighted by atomic mass is 16.5. The predicted molar refractivity (Wildman–Crippen MR) is 79.5 cm³/mol. The van der Waals surface area contributed by atoms with Crippen LogP contribution in [-0.4, -0.2) is 30.8 Å². The van der Waals surface area contributed by atoms with Gasteiger partial charge in [-0.1, -0.05) is 12.8 Å². The summed E-state index contributed by atoms with van der Waals surface area (Å²) in [6, 6.07) is 5.47. The van der Waals surface area contributed by atoms with Crippen LogP contribution in [0.4, 0.5) is 0 Å². The number of hydrogen-bond donors (Lipinski definition) is 2. The number of hydrogen-bond acceptors (Lipinski definition) is 4. The maximum absolute atomic E-state index is 11.9. The van der Waals surface area contributed by atoms with Crippen molar-refractivity contribution in [3.63, 3.8) is 0 Å². The normalized spacial score (nSPS) is 16.5. The molecule has 1 atom stereocenters. The zero-order valence-electron chi connectivity index (χ0n) is 12.6. The van der Waals surface area contributed by atoms with Crippen molar-refractivity contribution in [2.75, 3.05) is 13.7 Å². The molecular weight excluding hydrogens is 270 g/mol. The molecule has 0 heterocycles. The second-order valence-electron chi connectivity index (χ2n) is 5.42. The van der Waals surface area contributed by atoms with E-state index in [-0.39, 0.29) is 18.6 Å². The van der Waals surface area contributed by atoms with Gasteiger partial charge in [-0.25, -0.2) is 0 Å². The number of methoxy groups -OCH3 is 1. The summed E-state index contributed by atoms with van der Waals surface area (Å²) in [5.41, 5.74) is 0.643. The third-order valence-electron chi connectivity index (χ3n) is 3.75. The third kappa shape index (κ3) is 4.36. The molecule has 1 saturated carbocycles. The summed E-state index contributed by atoms with van der Waals surface area (Å²) in [6.45, 7) is 1.61. The molecule has 2 rings (SSSR count). The molecule has 5 nitrogen and oxygen atoms in total. The lowest BCUT2D eigenvalue weighted by molar-refractivity contribution is -0.123. The summed E-state index contributed by atoms with van der Waals surface area (Å²) in [5, 5.41) is 12.7. The summed E-state index contributed by atoms with van der Waals surface area (Å²) in [5.74, 6) is 0.984. The van der Waals surface area contributed by atoms with Crippen LogP contribution in [0.15, 0.2) is 18.2 Å². The Morgan fingerprint density at radius 1 is 1.43 bits per heavy atom. The Balaban J connectivity index is 1.95. The molecule has 1 aliphatic carbocycles. The number of aliphatic hydroxyl groups excluding tert-OH is 1. The number of aliphatic hydroxyl groups is 1. The molecule has 0 aromatic heterocycles. The predicted octanol–water partition coefficient (Wildman–Crippen LogP) is 2.19. The Kier molecular flexibility index (Phi) is 5.44. The molecule has 0 bridgehead atoms. The van der Waals surface area contributed by atoms with Crippen LogP contribution in [0, 0.1) is 0 Å². The van der Waals surface area contributed by atoms with Gasteiger partial charge in [-0.2, -0.15) is 0 Å². The first kappa shape index (κ1) is 15.6. The summed E-state index contributed by atoms with van der Waals surface area (Å²) in [4.78, 5) is 11.9. The van der Waals surface area contributed by atoms with Gasteiger partial charge in [0.2, 0.25) is 0 Å². The number of carbonyl (C=O) groups excluding carboxylic acids is 1. The van der Waals surface area contributed by atoms with Crippen LogP contribution in [0.5, 0.6) is 11.5 Å². The Labute approximate surface area is 125 Å². The minimum atomic E-state index is -0.663. The van der Waals surface area contributed by atoms with E-state index in [4.69, 9.17) is 9.47 Å². The molecule has 0 saturated heterocycles. The molecule has 1 fully saturated rings. The fraction of sp³-hybridized carbons (Fsp3) is 0.562. The second-order valence-corrected chi connectivity index (χ2v) is 5.42. The van der Waals surface area contributed by atoms with E-state index in [1.807, 2.05) is 0 Å². The summed E-state index contributed by atoms with van der Waals surface area (Å²) < 4.78 is 10.7. The van der Waals surface area contributed by atoms with Gasteiger partial charge in [0.25, 0.3) is 5.91 Å². The van der Waals surface area contributed by atoms with E-state index < -0.39 is 6.10 Å². The minimum Gasteiger partial charge on any atom is -0.497 e. The Morgan fingerprint density at radius 2 is 2.14 bits per heavy atom. The molecular formula is C16H23NO4. The molecule has 21 heavy (non-hydrogen) atoms. The van der Waals surface area contributed by atoms with E-state index in [0.29, 0.717) is 17.1 Å². The van der Waals surface area contributed by atoms with E-state index in [2.05, 4.69) is 5.32 Å². The van der Waals surface area contributed by atoms with Crippen molar-refractivity contribution in [2.24, 2.45) is 0 Å². The van der Waals surface area contributed by atoms with Crippen LogP contribution < -0.4 is 14.8 Å². The van der Waals surface area contributed by atoms with E-state index in [9.17, 15) is 9.90 Å². The van der Waals surface area contributed by atoms with Gasteiger partial charge < -0.3 is 19.9 Å². The van der Waals surface area contributed by atoms with Crippen molar-refractivity contribution in [3.8, 4) is 11.5 Å². The molecule has 1 amide bonds. The molecule has 1 aromatic rings. The quantitative estimate of drug-likeness (QED) is 0.843. The Bertz CT molecular complexity index is 481. The SMILES string of the molecule is COc1ccc([C@@H](C)O)c(OCC(=O)NC2CCCC2)c1. The molecule has 2 N–H and O–H groups in total. The molecule has 0 spiro atoms. The van der Waals surface area contributed by atoms with Gasteiger partial charge in [-0.05, 0) is 31.9 Å². The van der Waals surface area contributed by atoms with Gasteiger partial charge in [-0.15, -0.1) is 0 Å². The molecule has 116 valence electrons. The van der Waals surface area contributed by atoms with E-state index in [0.717, 1.165) is 12.8 Å². The fourth-order valence-corrected chi connectivity index (χ4v) is 2.59. The van der Waals surface area contributed by atoms with Crippen LogP contribution in [0.25, 0.3) is 0 Å². The van der Waals surface area contributed by atoms with Crippen molar-refractivity contribution in [3.05, 3.63) is 23.8 Å². The Hall–Kier alpha value is -1.75. The number of ether oxygens (including phenoxy) is 2. The van der Waals surface area contributed by atoms with Crippen LogP contribution in [0.2, 0.25) is 0 Å². The van der Waals surface area contributed by atoms with Gasteiger partial charge in [0.15, 0.2) is 6.61 Å². The first-order valence-corrected chi connectivity index (χ1v) is 7.38. The fourth-order valence-electron chi connectivity index (χ4n) is 2.59. The number of amides is 1. The molecule has 0 aliphatic heterocycles. The maximum atomic E-state index is 11.9. The largest absolute Gasteiger partial charge is 0.497 e. The summed E-state index contributed by atoms with van der Waals surface area (Å²) in [6.07, 6.45) is 3.78. The highest BCUT2D eigenvalue weighted by Crippen LogP contribution is 2.29. The van der Waals surface area contributed by atoms with Gasteiger partial charge >= 0.3 is 0 Å². The van der Waals surface area contributed by atoms with Crippen LogP contribution in [0.1, 0.15) is 44.3 Å². The van der Waals surface area contributed by atoms with E-state index >= 15 is 0 Å². The minimum absolute atomic E-state index is 0.0522. The van der Waals surface area contributed by atoms with Gasteiger partial charge in [0.05, 0.1) is 13.2 Å². The number of benzene rings is 1. The van der Waals surface area contributed by atoms with Crippen molar-refractivity contribution < 1.29 is 19.4 Å². The number of rotatable bonds is 6. The first-order valence-electron chi connectivity index (χ1n) is 7.38. The lowest BCUT2D eigenvalue weighted by Gasteiger charge is -2.16. The molecule has 0 unspecified atom stereocenters. The molecule has 1 aromatic carbocycles. The van der Waals surface area contributed by atoms with Crippen molar-refractivity contribution >= 4 is 5.91 Å². The van der Waals surface area contributed by atoms with Crippen LogP contribution >= 0.6 is 0 Å². The van der Waals surface area contributed by atoms with Crippen molar-refractivity contribution in [1.82, 2.24) is 5.32 Å². The highest BCUT2D eigenvalue weighted by molar-refractivity contribution is 5.77. The first-order chi connectivity index (χ1) is 10.1. The van der Waals surface area contributed by atoms with E-state index in [1.165, 1.54) is 12.8 Å². The van der Waals surface area contributed by atoms with Crippen LogP contribution in [0.3, 0.4) is 0 Å². The van der Waals surface area contributed by atoms with Crippen molar-refractivity contribution in [1.29, 1.82) is 0 Å². The van der Waals surface area contributed by atoms with Gasteiger partial charge in [-0.3, -0.25) is 4.79 Å². The zero-order valence-corrected chi connectivity index (χ0v) is 12.6. The highest BCUT2D eigenvalue weighted by Gasteiger charge is 2.18. The molecule has 1 aliphatic rings. The smallest absolute Gasteiger partial charge is 0.258 e. The maximum Gasteiger partial charge on any atom is 0.258 e. The monoisotopic (exact) mass is 293 g/mol. The van der Waals surface area contributed by atoms with Gasteiger partial charge in [0, 0.05) is 17.7 Å². The van der Waals surface area contributed by atoms with E-state index in [1.54, 1.807) is 32.2 Å². The second kappa shape index (κ2) is 7.31. The summed E-state index contributed by atoms with van der Waals surface area (Å²) in [7, 11) is 1.56. The number of carbonyl (C=O) groups is 1. The standard InChI is InChI=1S/C16H23NO4/c1-11(18)14-8-7-13(20-2)9-15(14)21-10-16(19)17-12-5-3-4-6-12/h7-9,11-12,18H,3-6,10H2,1-2H3,(H,17,19)/t11-/m1/s1. The molecule has 0 radical (unpaired) electrons. The zero-order chi connectivity index (χ0) is 15.2. The molecule has 5 heteroatoms. The average molecular weight is 293 g/mol. The topological polar surface area (TPSA) is 67.8 Å². The third-order valence-corrected chi connectivity index (χ3v) is 3.75. The lowest BCUT2D eigenvalue weighted by Crippen LogP contribution is -2.36. The van der Waals surface area contributed by atoms with Gasteiger partial charge in [0.1, 0.15) is 11.5 Å². The Morgan fingerprint density at radius 3 is 2.76 bits per heavy atom. The average Bonchev–Trinajstić information content (AvgIpc) is 2.97. The van der Waals surface area contributed by atoms with Crippen LogP contribution in [-0.2, 0) is 4.79 Å².